The van der Waals surface area contributed by atoms with Gasteiger partial charge in [0.2, 0.25) is 10.0 Å². The number of rotatable bonds is 4. The van der Waals surface area contributed by atoms with Crippen LogP contribution in [-0.4, -0.2) is 21.5 Å². The van der Waals surface area contributed by atoms with E-state index in [2.05, 4.69) is 10.0 Å². The molecule has 3 rings (SSSR count). The molecule has 20 heavy (non-hydrogen) atoms. The number of hydrogen-bond acceptors (Lipinski definition) is 4. The molecule has 3 unspecified atom stereocenters. The first-order chi connectivity index (χ1) is 9.49. The van der Waals surface area contributed by atoms with Crippen molar-refractivity contribution in [1.82, 2.24) is 4.72 Å². The Morgan fingerprint density at radius 3 is 2.65 bits per heavy atom. The molecule has 2 aliphatic rings. The van der Waals surface area contributed by atoms with Gasteiger partial charge in [0, 0.05) is 11.7 Å². The van der Waals surface area contributed by atoms with Crippen molar-refractivity contribution in [2.75, 3.05) is 18.1 Å². The number of anilines is 2. The van der Waals surface area contributed by atoms with Crippen LogP contribution in [0, 0.1) is 11.8 Å². The predicted octanol–water partition coefficient (Wildman–Crippen LogP) is 1.78. The van der Waals surface area contributed by atoms with Crippen LogP contribution in [0.4, 0.5) is 11.4 Å². The first-order valence-electron chi connectivity index (χ1n) is 7.09. The molecule has 2 fully saturated rings. The van der Waals surface area contributed by atoms with Crippen molar-refractivity contribution < 1.29 is 8.42 Å². The molecule has 1 aromatic rings. The van der Waals surface area contributed by atoms with Crippen LogP contribution in [0.1, 0.15) is 25.7 Å². The van der Waals surface area contributed by atoms with Gasteiger partial charge in [-0.2, -0.15) is 0 Å². The van der Waals surface area contributed by atoms with Gasteiger partial charge in [-0.25, -0.2) is 13.1 Å². The van der Waals surface area contributed by atoms with Gasteiger partial charge < -0.3 is 11.1 Å². The highest BCUT2D eigenvalue weighted by atomic mass is 32.2. The molecule has 4 N–H and O–H groups in total. The first kappa shape index (κ1) is 13.7. The van der Waals surface area contributed by atoms with Gasteiger partial charge in [-0.15, -0.1) is 0 Å². The van der Waals surface area contributed by atoms with E-state index in [1.165, 1.54) is 32.4 Å². The highest BCUT2D eigenvalue weighted by Crippen LogP contribution is 2.46. The van der Waals surface area contributed by atoms with Gasteiger partial charge in [-0.1, -0.05) is 6.42 Å². The standard InChI is InChI=1S/C14H21N3O2S/c1-16-20(18,19)14-8-11(15)4-5-12(14)17-13-7-9-2-3-10(13)6-9/h4-5,8-10,13,16-17H,2-3,6-7,15H2,1H3. The van der Waals surface area contributed by atoms with Crippen LogP contribution in [0.25, 0.3) is 0 Å². The summed E-state index contributed by atoms with van der Waals surface area (Å²) in [7, 11) is -2.08. The maximum atomic E-state index is 12.1. The lowest BCUT2D eigenvalue weighted by molar-refractivity contribution is 0.439. The smallest absolute Gasteiger partial charge is 0.242 e. The van der Waals surface area contributed by atoms with Crippen LogP contribution in [-0.2, 0) is 10.0 Å². The summed E-state index contributed by atoms with van der Waals surface area (Å²) in [5, 5.41) is 3.43. The first-order valence-corrected chi connectivity index (χ1v) is 8.57. The summed E-state index contributed by atoms with van der Waals surface area (Å²) in [5.41, 5.74) is 6.84. The Balaban J connectivity index is 1.90. The number of fused-ring (bicyclic) bond motifs is 2. The Bertz CT molecular complexity index is 615. The van der Waals surface area contributed by atoms with E-state index in [9.17, 15) is 8.42 Å². The molecule has 0 aliphatic heterocycles. The van der Waals surface area contributed by atoms with Gasteiger partial charge in [0.1, 0.15) is 4.90 Å². The van der Waals surface area contributed by atoms with Crippen molar-refractivity contribution in [2.24, 2.45) is 11.8 Å². The summed E-state index contributed by atoms with van der Waals surface area (Å²) < 4.78 is 26.6. The minimum atomic E-state index is -3.50. The fourth-order valence-electron chi connectivity index (χ4n) is 3.61. The van der Waals surface area contributed by atoms with Crippen LogP contribution in [0.15, 0.2) is 23.1 Å². The van der Waals surface area contributed by atoms with Crippen LogP contribution in [0.2, 0.25) is 0 Å². The molecule has 2 aliphatic carbocycles. The monoisotopic (exact) mass is 295 g/mol. The third kappa shape index (κ3) is 2.38. The van der Waals surface area contributed by atoms with Crippen molar-refractivity contribution >= 4 is 21.4 Å². The average Bonchev–Trinajstić information content (AvgIpc) is 3.03. The molecule has 5 nitrogen and oxygen atoms in total. The lowest BCUT2D eigenvalue weighted by Crippen LogP contribution is -2.28. The van der Waals surface area contributed by atoms with Crippen molar-refractivity contribution in [3.8, 4) is 0 Å². The Morgan fingerprint density at radius 1 is 1.25 bits per heavy atom. The molecule has 0 radical (unpaired) electrons. The second-order valence-electron chi connectivity index (χ2n) is 5.89. The maximum absolute atomic E-state index is 12.1. The van der Waals surface area contributed by atoms with E-state index in [1.807, 2.05) is 0 Å². The molecule has 0 saturated heterocycles. The molecule has 0 aromatic heterocycles. The van der Waals surface area contributed by atoms with Crippen molar-refractivity contribution in [1.29, 1.82) is 0 Å². The molecular weight excluding hydrogens is 274 g/mol. The normalized spacial score (nSPS) is 28.8. The summed E-state index contributed by atoms with van der Waals surface area (Å²) in [6, 6.07) is 5.42. The Hall–Kier alpha value is -1.27. The lowest BCUT2D eigenvalue weighted by Gasteiger charge is -2.25. The van der Waals surface area contributed by atoms with Gasteiger partial charge in [-0.05, 0) is 56.3 Å². The quantitative estimate of drug-likeness (QED) is 0.739. The van der Waals surface area contributed by atoms with Crippen LogP contribution < -0.4 is 15.8 Å². The highest BCUT2D eigenvalue weighted by molar-refractivity contribution is 7.89. The zero-order valence-corrected chi connectivity index (χ0v) is 12.4. The summed E-state index contributed by atoms with van der Waals surface area (Å²) in [4.78, 5) is 0.239. The SMILES string of the molecule is CNS(=O)(=O)c1cc(N)ccc1NC1CC2CCC1C2. The molecule has 6 heteroatoms. The summed E-state index contributed by atoms with van der Waals surface area (Å²) in [6.45, 7) is 0. The van der Waals surface area contributed by atoms with Crippen LogP contribution in [0.3, 0.4) is 0 Å². The largest absolute Gasteiger partial charge is 0.399 e. The molecule has 0 spiro atoms. The van der Waals surface area contributed by atoms with E-state index in [4.69, 9.17) is 5.73 Å². The summed E-state index contributed by atoms with van der Waals surface area (Å²) in [5.74, 6) is 1.50. The topological polar surface area (TPSA) is 84.2 Å². The number of sulfonamides is 1. The molecule has 2 saturated carbocycles. The third-order valence-corrected chi connectivity index (χ3v) is 6.10. The van der Waals surface area contributed by atoms with E-state index in [-0.39, 0.29) is 4.90 Å². The zero-order chi connectivity index (χ0) is 14.3. The number of hydrogen-bond donors (Lipinski definition) is 3. The summed E-state index contributed by atoms with van der Waals surface area (Å²) in [6.07, 6.45) is 5.01. The Labute approximate surface area is 120 Å². The van der Waals surface area contributed by atoms with Gasteiger partial charge in [0.15, 0.2) is 0 Å². The van der Waals surface area contributed by atoms with E-state index in [0.717, 1.165) is 12.3 Å². The number of nitrogen functional groups attached to an aromatic ring is 1. The van der Waals surface area contributed by atoms with Crippen LogP contribution >= 0.6 is 0 Å². The fraction of sp³-hybridized carbons (Fsp3) is 0.571. The Morgan fingerprint density at radius 2 is 2.05 bits per heavy atom. The predicted molar refractivity (Wildman–Crippen MR) is 80.0 cm³/mol. The van der Waals surface area contributed by atoms with Gasteiger partial charge in [0.05, 0.1) is 5.69 Å². The number of nitrogens with one attached hydrogen (secondary N) is 2. The highest BCUT2D eigenvalue weighted by Gasteiger charge is 2.39. The van der Waals surface area contributed by atoms with Crippen molar-refractivity contribution in [2.45, 2.75) is 36.6 Å². The fourth-order valence-corrected chi connectivity index (χ4v) is 4.54. The van der Waals surface area contributed by atoms with Crippen molar-refractivity contribution in [3.63, 3.8) is 0 Å². The molecule has 0 heterocycles. The minimum absolute atomic E-state index is 0.239. The van der Waals surface area contributed by atoms with Gasteiger partial charge in [0.25, 0.3) is 0 Å². The van der Waals surface area contributed by atoms with Crippen LogP contribution in [0.5, 0.6) is 0 Å². The second-order valence-corrected chi connectivity index (χ2v) is 7.74. The lowest BCUT2D eigenvalue weighted by atomic mass is 9.95. The molecule has 110 valence electrons. The zero-order valence-electron chi connectivity index (χ0n) is 11.6. The van der Waals surface area contributed by atoms with E-state index in [0.29, 0.717) is 23.3 Å². The Kier molecular flexibility index (Phi) is 3.38. The molecule has 1 aromatic carbocycles. The van der Waals surface area contributed by atoms with E-state index < -0.39 is 10.0 Å². The molecular formula is C14H21N3O2S. The number of benzene rings is 1. The summed E-state index contributed by atoms with van der Waals surface area (Å²) >= 11 is 0. The average molecular weight is 295 g/mol. The van der Waals surface area contributed by atoms with E-state index >= 15 is 0 Å². The minimum Gasteiger partial charge on any atom is -0.399 e. The second kappa shape index (κ2) is 4.93. The third-order valence-electron chi connectivity index (χ3n) is 4.64. The van der Waals surface area contributed by atoms with Gasteiger partial charge >= 0.3 is 0 Å². The van der Waals surface area contributed by atoms with Crippen molar-refractivity contribution in [3.05, 3.63) is 18.2 Å². The maximum Gasteiger partial charge on any atom is 0.242 e. The number of nitrogens with two attached hydrogens (primary N) is 1. The molecule has 3 atom stereocenters. The van der Waals surface area contributed by atoms with Gasteiger partial charge in [-0.3, -0.25) is 0 Å². The molecule has 2 bridgehead atoms. The molecule has 0 amide bonds. The van der Waals surface area contributed by atoms with E-state index in [1.54, 1.807) is 12.1 Å².